The highest BCUT2D eigenvalue weighted by molar-refractivity contribution is 7.11. The Morgan fingerprint density at radius 1 is 1.59 bits per heavy atom. The molecule has 0 aromatic carbocycles. The predicted molar refractivity (Wildman–Crippen MR) is 67.2 cm³/mol. The summed E-state index contributed by atoms with van der Waals surface area (Å²) in [5, 5.41) is 9.11. The Morgan fingerprint density at radius 3 is 2.82 bits per heavy atom. The molecule has 0 bridgehead atoms. The lowest BCUT2D eigenvalue weighted by atomic mass is 10.2. The minimum absolute atomic E-state index is 0.0279. The zero-order valence-corrected chi connectivity index (χ0v) is 10.9. The number of amides is 1. The molecular weight excluding hydrogens is 236 g/mol. The van der Waals surface area contributed by atoms with Crippen LogP contribution in [0.5, 0.6) is 0 Å². The van der Waals surface area contributed by atoms with Crippen LogP contribution in [0.2, 0.25) is 0 Å². The van der Waals surface area contributed by atoms with Crippen LogP contribution in [0.3, 0.4) is 0 Å². The molecule has 1 N–H and O–H groups in total. The van der Waals surface area contributed by atoms with Crippen molar-refractivity contribution in [2.24, 2.45) is 0 Å². The fourth-order valence-electron chi connectivity index (χ4n) is 2.41. The summed E-state index contributed by atoms with van der Waals surface area (Å²) >= 11 is 1.39. The normalized spacial score (nSPS) is 16.4. The van der Waals surface area contributed by atoms with Crippen molar-refractivity contribution in [3.05, 3.63) is 16.1 Å². The molecule has 1 aliphatic rings. The highest BCUT2D eigenvalue weighted by Crippen LogP contribution is 2.26. The molecule has 2 rings (SSSR count). The number of aliphatic hydroxyl groups is 1. The molecule has 0 radical (unpaired) electrons. The lowest BCUT2D eigenvalue weighted by Crippen LogP contribution is -2.40. The summed E-state index contributed by atoms with van der Waals surface area (Å²) in [5.41, 5.74) is 2.50. The lowest BCUT2D eigenvalue weighted by molar-refractivity contribution is 0.0642. The van der Waals surface area contributed by atoms with E-state index < -0.39 is 0 Å². The number of rotatable bonds is 4. The first-order valence-electron chi connectivity index (χ1n) is 6.06. The van der Waals surface area contributed by atoms with E-state index in [1.807, 2.05) is 11.8 Å². The van der Waals surface area contributed by atoms with Crippen molar-refractivity contribution in [1.29, 1.82) is 0 Å². The Kier molecular flexibility index (Phi) is 4.12. The third kappa shape index (κ3) is 2.66. The summed E-state index contributed by atoms with van der Waals surface area (Å²) in [6.07, 6.45) is 4.48. The van der Waals surface area contributed by atoms with E-state index in [-0.39, 0.29) is 12.5 Å². The molecule has 94 valence electrons. The zero-order chi connectivity index (χ0) is 12.3. The Balaban J connectivity index is 2.15. The van der Waals surface area contributed by atoms with Gasteiger partial charge < -0.3 is 10.0 Å². The van der Waals surface area contributed by atoms with Crippen LogP contribution >= 0.6 is 11.3 Å². The Bertz CT molecular complexity index is 386. The van der Waals surface area contributed by atoms with Gasteiger partial charge in [-0.3, -0.25) is 4.79 Å². The van der Waals surface area contributed by atoms with E-state index in [1.54, 1.807) is 5.51 Å². The molecular formula is C12H18N2O2S. The number of aromatic nitrogens is 1. The average molecular weight is 254 g/mol. The van der Waals surface area contributed by atoms with Gasteiger partial charge in [-0.1, -0.05) is 12.8 Å². The first-order chi connectivity index (χ1) is 8.24. The quantitative estimate of drug-likeness (QED) is 0.892. The molecule has 1 aliphatic carbocycles. The highest BCUT2D eigenvalue weighted by atomic mass is 32.1. The topological polar surface area (TPSA) is 53.4 Å². The van der Waals surface area contributed by atoms with Crippen LogP contribution in [0.15, 0.2) is 5.51 Å². The number of hydrogen-bond acceptors (Lipinski definition) is 4. The van der Waals surface area contributed by atoms with Crippen LogP contribution in [0.4, 0.5) is 0 Å². The number of hydrogen-bond donors (Lipinski definition) is 1. The molecule has 1 amide bonds. The fourth-order valence-corrected chi connectivity index (χ4v) is 3.17. The van der Waals surface area contributed by atoms with Crippen LogP contribution in [0.1, 0.15) is 41.0 Å². The first-order valence-corrected chi connectivity index (χ1v) is 6.94. The molecule has 1 saturated carbocycles. The summed E-state index contributed by atoms with van der Waals surface area (Å²) < 4.78 is 0. The van der Waals surface area contributed by atoms with Crippen molar-refractivity contribution in [1.82, 2.24) is 9.88 Å². The second-order valence-corrected chi connectivity index (χ2v) is 5.28. The van der Waals surface area contributed by atoms with Crippen LogP contribution in [-0.2, 0) is 0 Å². The molecule has 4 nitrogen and oxygen atoms in total. The number of thiazole rings is 1. The molecule has 1 fully saturated rings. The number of nitrogens with zero attached hydrogens (tertiary/aromatic N) is 2. The molecule has 0 spiro atoms. The second kappa shape index (κ2) is 5.60. The highest BCUT2D eigenvalue weighted by Gasteiger charge is 2.28. The van der Waals surface area contributed by atoms with Crippen LogP contribution in [0, 0.1) is 6.92 Å². The van der Waals surface area contributed by atoms with Gasteiger partial charge in [0.1, 0.15) is 4.88 Å². The SMILES string of the molecule is Cc1ncsc1C(=O)N(CCO)C1CCCC1. The van der Waals surface area contributed by atoms with E-state index in [0.717, 1.165) is 18.5 Å². The summed E-state index contributed by atoms with van der Waals surface area (Å²) in [7, 11) is 0. The van der Waals surface area contributed by atoms with E-state index in [2.05, 4.69) is 4.98 Å². The minimum Gasteiger partial charge on any atom is -0.395 e. The predicted octanol–water partition coefficient (Wildman–Crippen LogP) is 1.83. The van der Waals surface area contributed by atoms with E-state index in [9.17, 15) is 4.79 Å². The Labute approximate surface area is 105 Å². The van der Waals surface area contributed by atoms with Gasteiger partial charge in [0.25, 0.3) is 5.91 Å². The van der Waals surface area contributed by atoms with Gasteiger partial charge in [-0.05, 0) is 19.8 Å². The number of carbonyl (C=O) groups is 1. The van der Waals surface area contributed by atoms with E-state index in [4.69, 9.17) is 5.11 Å². The van der Waals surface area contributed by atoms with E-state index in [0.29, 0.717) is 17.5 Å². The maximum absolute atomic E-state index is 12.4. The average Bonchev–Trinajstić information content (AvgIpc) is 2.95. The van der Waals surface area contributed by atoms with Gasteiger partial charge in [0, 0.05) is 12.6 Å². The minimum atomic E-state index is 0.0279. The Morgan fingerprint density at radius 2 is 2.29 bits per heavy atom. The molecule has 1 aromatic rings. The van der Waals surface area contributed by atoms with Gasteiger partial charge >= 0.3 is 0 Å². The van der Waals surface area contributed by atoms with Crippen molar-refractivity contribution in [2.75, 3.05) is 13.2 Å². The maximum atomic E-state index is 12.4. The smallest absolute Gasteiger partial charge is 0.266 e. The molecule has 17 heavy (non-hydrogen) atoms. The van der Waals surface area contributed by atoms with Crippen molar-refractivity contribution < 1.29 is 9.90 Å². The molecule has 1 heterocycles. The molecule has 0 aliphatic heterocycles. The molecule has 0 unspecified atom stereocenters. The van der Waals surface area contributed by atoms with Crippen LogP contribution in [0.25, 0.3) is 0 Å². The van der Waals surface area contributed by atoms with Crippen LogP contribution in [-0.4, -0.2) is 40.1 Å². The lowest BCUT2D eigenvalue weighted by Gasteiger charge is -2.28. The third-order valence-electron chi connectivity index (χ3n) is 3.31. The first kappa shape index (κ1) is 12.5. The maximum Gasteiger partial charge on any atom is 0.266 e. The summed E-state index contributed by atoms with van der Waals surface area (Å²) in [4.78, 5) is 19.0. The summed E-state index contributed by atoms with van der Waals surface area (Å²) in [6, 6.07) is 0.302. The monoisotopic (exact) mass is 254 g/mol. The number of carbonyl (C=O) groups excluding carboxylic acids is 1. The third-order valence-corrected chi connectivity index (χ3v) is 4.22. The zero-order valence-electron chi connectivity index (χ0n) is 10.1. The molecule has 1 aromatic heterocycles. The summed E-state index contributed by atoms with van der Waals surface area (Å²) in [5.74, 6) is 0.0333. The van der Waals surface area contributed by atoms with Gasteiger partial charge in [-0.2, -0.15) is 0 Å². The van der Waals surface area contributed by atoms with Gasteiger partial charge in [-0.15, -0.1) is 11.3 Å². The Hall–Kier alpha value is -0.940. The molecule has 5 heteroatoms. The van der Waals surface area contributed by atoms with Crippen molar-refractivity contribution in [3.8, 4) is 0 Å². The van der Waals surface area contributed by atoms with Crippen molar-refractivity contribution in [2.45, 2.75) is 38.6 Å². The van der Waals surface area contributed by atoms with E-state index in [1.165, 1.54) is 24.2 Å². The van der Waals surface area contributed by atoms with Crippen LogP contribution < -0.4 is 0 Å². The summed E-state index contributed by atoms with van der Waals surface area (Å²) in [6.45, 7) is 2.32. The van der Waals surface area contributed by atoms with Crippen molar-refractivity contribution in [3.63, 3.8) is 0 Å². The molecule has 0 saturated heterocycles. The second-order valence-electron chi connectivity index (χ2n) is 4.43. The van der Waals surface area contributed by atoms with Gasteiger partial charge in [0.2, 0.25) is 0 Å². The van der Waals surface area contributed by atoms with E-state index >= 15 is 0 Å². The van der Waals surface area contributed by atoms with Gasteiger partial charge in [0.15, 0.2) is 0 Å². The van der Waals surface area contributed by atoms with Gasteiger partial charge in [0.05, 0.1) is 17.8 Å². The number of aliphatic hydroxyl groups excluding tert-OH is 1. The molecule has 0 atom stereocenters. The number of aryl methyl sites for hydroxylation is 1. The van der Waals surface area contributed by atoms with Crippen molar-refractivity contribution >= 4 is 17.2 Å². The largest absolute Gasteiger partial charge is 0.395 e. The fraction of sp³-hybridized carbons (Fsp3) is 0.667. The standard InChI is InChI=1S/C12H18N2O2S/c1-9-11(17-8-13-9)12(16)14(6-7-15)10-4-2-3-5-10/h8,10,15H,2-7H2,1H3. The van der Waals surface area contributed by atoms with Gasteiger partial charge in [-0.25, -0.2) is 4.98 Å².